The van der Waals surface area contributed by atoms with Gasteiger partial charge >= 0.3 is 6.01 Å². The molecule has 152 valence electrons. The predicted octanol–water partition coefficient (Wildman–Crippen LogP) is 3.59. The fraction of sp³-hybridized carbons (Fsp3) is 0.136. The number of nitrogens with one attached hydrogen (secondary N) is 1. The van der Waals surface area contributed by atoms with Gasteiger partial charge in [-0.25, -0.2) is 8.42 Å². The van der Waals surface area contributed by atoms with E-state index in [2.05, 4.69) is 15.3 Å². The number of benzene rings is 2. The lowest BCUT2D eigenvalue weighted by Crippen LogP contribution is -2.23. The van der Waals surface area contributed by atoms with Crippen LogP contribution < -0.4 is 5.32 Å². The second-order valence-electron chi connectivity index (χ2n) is 6.93. The highest BCUT2D eigenvalue weighted by Crippen LogP contribution is 2.25. The molecule has 1 atom stereocenters. The summed E-state index contributed by atoms with van der Waals surface area (Å²) in [5.41, 5.74) is 2.84. The molecule has 2 heterocycles. The van der Waals surface area contributed by atoms with Crippen LogP contribution in [0.25, 0.3) is 11.1 Å². The highest BCUT2D eigenvalue weighted by Gasteiger charge is 2.23. The number of carbonyl (C=O) groups excluding carboxylic acids is 1. The molecule has 7 nitrogen and oxygen atoms in total. The molecule has 1 N–H and O–H groups in total. The van der Waals surface area contributed by atoms with Gasteiger partial charge in [-0.2, -0.15) is 4.98 Å². The van der Waals surface area contributed by atoms with E-state index in [1.54, 1.807) is 36.7 Å². The fourth-order valence-corrected chi connectivity index (χ4v) is 3.81. The summed E-state index contributed by atoms with van der Waals surface area (Å²) in [5, 5.41) is 2.74. The zero-order chi connectivity index (χ0) is 21.1. The molecule has 2 aromatic heterocycles. The van der Waals surface area contributed by atoms with Crippen LogP contribution in [0.3, 0.4) is 0 Å². The first-order valence-corrected chi connectivity index (χ1v) is 11.1. The van der Waals surface area contributed by atoms with Gasteiger partial charge in [-0.15, -0.1) is 0 Å². The number of fused-ring (bicyclic) bond motifs is 1. The minimum atomic E-state index is -3.32. The van der Waals surface area contributed by atoms with E-state index in [-0.39, 0.29) is 16.8 Å². The van der Waals surface area contributed by atoms with Crippen molar-refractivity contribution in [2.24, 2.45) is 0 Å². The smallest absolute Gasteiger partial charge is 0.302 e. The number of aromatic nitrogens is 2. The molecule has 0 saturated carbocycles. The average molecular weight is 421 g/mol. The first kappa shape index (κ1) is 19.8. The number of sulfone groups is 1. The third-order valence-corrected chi connectivity index (χ3v) is 5.87. The lowest BCUT2D eigenvalue weighted by Gasteiger charge is -2.16. The van der Waals surface area contributed by atoms with Crippen LogP contribution in [-0.4, -0.2) is 30.5 Å². The van der Waals surface area contributed by atoms with Crippen molar-refractivity contribution in [2.75, 3.05) is 11.6 Å². The van der Waals surface area contributed by atoms with E-state index in [0.717, 1.165) is 11.8 Å². The van der Waals surface area contributed by atoms with Crippen molar-refractivity contribution in [1.82, 2.24) is 9.97 Å². The zero-order valence-corrected chi connectivity index (χ0v) is 17.0. The predicted molar refractivity (Wildman–Crippen MR) is 113 cm³/mol. The van der Waals surface area contributed by atoms with Gasteiger partial charge in [-0.3, -0.25) is 15.1 Å². The average Bonchev–Trinajstić information content (AvgIpc) is 3.14. The van der Waals surface area contributed by atoms with E-state index in [4.69, 9.17) is 4.42 Å². The monoisotopic (exact) mass is 421 g/mol. The van der Waals surface area contributed by atoms with E-state index in [0.29, 0.717) is 23.1 Å². The van der Waals surface area contributed by atoms with Gasteiger partial charge in [0.15, 0.2) is 15.4 Å². The molecule has 4 aromatic rings. The Morgan fingerprint density at radius 3 is 2.40 bits per heavy atom. The molecule has 0 aliphatic carbocycles. The summed E-state index contributed by atoms with van der Waals surface area (Å²) in [6.07, 6.45) is 4.89. The Morgan fingerprint density at radius 1 is 1.03 bits per heavy atom. The zero-order valence-electron chi connectivity index (χ0n) is 16.1. The van der Waals surface area contributed by atoms with Crippen molar-refractivity contribution in [1.29, 1.82) is 0 Å². The van der Waals surface area contributed by atoms with Gasteiger partial charge in [-0.05, 0) is 53.9 Å². The molecule has 8 heteroatoms. The third-order valence-electron chi connectivity index (χ3n) is 4.74. The summed E-state index contributed by atoms with van der Waals surface area (Å²) < 4.78 is 29.1. The van der Waals surface area contributed by atoms with Gasteiger partial charge in [0.2, 0.25) is 5.91 Å². The molecule has 1 amide bonds. The number of amides is 1. The number of rotatable bonds is 6. The van der Waals surface area contributed by atoms with Crippen molar-refractivity contribution in [3.8, 4) is 0 Å². The first-order chi connectivity index (χ1) is 14.4. The number of carbonyl (C=O) groups is 1. The number of nitrogens with zero attached hydrogens (tertiary/aromatic N) is 2. The van der Waals surface area contributed by atoms with Crippen molar-refractivity contribution < 1.29 is 17.6 Å². The second-order valence-corrected chi connectivity index (χ2v) is 8.95. The van der Waals surface area contributed by atoms with E-state index in [9.17, 15) is 13.2 Å². The Labute approximate surface area is 173 Å². The Bertz CT molecular complexity index is 1250. The molecule has 0 fully saturated rings. The van der Waals surface area contributed by atoms with Crippen LogP contribution in [0.4, 0.5) is 6.01 Å². The summed E-state index contributed by atoms with van der Waals surface area (Å²) in [4.78, 5) is 21.6. The maximum atomic E-state index is 13.1. The van der Waals surface area contributed by atoms with Gasteiger partial charge in [0.25, 0.3) is 0 Å². The molecular formula is C22H19N3O4S. The summed E-state index contributed by atoms with van der Waals surface area (Å²) in [6, 6.07) is 17.4. The Kier molecular flexibility index (Phi) is 5.33. The summed E-state index contributed by atoms with van der Waals surface area (Å²) in [7, 11) is -3.32. The highest BCUT2D eigenvalue weighted by molar-refractivity contribution is 7.90. The maximum absolute atomic E-state index is 13.1. The molecule has 2 aromatic carbocycles. The maximum Gasteiger partial charge on any atom is 0.302 e. The topological polar surface area (TPSA) is 102 Å². The summed E-state index contributed by atoms with van der Waals surface area (Å²) >= 11 is 0. The molecule has 0 saturated heterocycles. The number of hydrogen-bond donors (Lipinski definition) is 1. The van der Waals surface area contributed by atoms with Gasteiger partial charge in [-0.1, -0.05) is 24.3 Å². The van der Waals surface area contributed by atoms with Gasteiger partial charge in [0.05, 0.1) is 10.8 Å². The fourth-order valence-electron chi connectivity index (χ4n) is 3.18. The van der Waals surface area contributed by atoms with Gasteiger partial charge < -0.3 is 4.42 Å². The minimum Gasteiger partial charge on any atom is -0.423 e. The third kappa shape index (κ3) is 4.38. The number of anilines is 1. The van der Waals surface area contributed by atoms with Crippen LogP contribution in [0.15, 0.2) is 82.4 Å². The largest absolute Gasteiger partial charge is 0.423 e. The van der Waals surface area contributed by atoms with Crippen LogP contribution in [0.2, 0.25) is 0 Å². The summed E-state index contributed by atoms with van der Waals surface area (Å²) in [6.45, 7) is 0. The van der Waals surface area contributed by atoms with Gasteiger partial charge in [0, 0.05) is 18.6 Å². The van der Waals surface area contributed by atoms with Crippen LogP contribution >= 0.6 is 0 Å². The lowest BCUT2D eigenvalue weighted by molar-refractivity contribution is -0.117. The first-order valence-electron chi connectivity index (χ1n) is 9.25. The molecule has 0 aliphatic rings. The molecular weight excluding hydrogens is 402 g/mol. The molecule has 30 heavy (non-hydrogen) atoms. The SMILES string of the molecule is CS(=O)(=O)c1ccc(C(Cc2ccncc2)C(=O)Nc2nc3ccccc3o2)cc1. The summed E-state index contributed by atoms with van der Waals surface area (Å²) in [5.74, 6) is -0.874. The molecule has 0 radical (unpaired) electrons. The van der Waals surface area contributed by atoms with E-state index < -0.39 is 15.8 Å². The Morgan fingerprint density at radius 2 is 1.73 bits per heavy atom. The number of pyridine rings is 1. The van der Waals surface area contributed by atoms with Crippen LogP contribution in [0.1, 0.15) is 17.0 Å². The number of para-hydroxylation sites is 2. The highest BCUT2D eigenvalue weighted by atomic mass is 32.2. The standard InChI is InChI=1S/C22H19N3O4S/c1-30(27,28)17-8-6-16(7-9-17)18(14-15-10-12-23-13-11-15)21(26)25-22-24-19-4-2-3-5-20(19)29-22/h2-13,18H,14H2,1H3,(H,24,25,26). The second kappa shape index (κ2) is 8.08. The number of oxazole rings is 1. The van der Waals surface area contributed by atoms with E-state index in [1.807, 2.05) is 24.3 Å². The van der Waals surface area contributed by atoms with Crippen LogP contribution in [-0.2, 0) is 21.1 Å². The van der Waals surface area contributed by atoms with Crippen molar-refractivity contribution >= 4 is 32.9 Å². The van der Waals surface area contributed by atoms with Crippen molar-refractivity contribution in [2.45, 2.75) is 17.2 Å². The van der Waals surface area contributed by atoms with E-state index in [1.165, 1.54) is 12.1 Å². The minimum absolute atomic E-state index is 0.119. The number of hydrogen-bond acceptors (Lipinski definition) is 6. The van der Waals surface area contributed by atoms with Crippen molar-refractivity contribution in [3.05, 3.63) is 84.2 Å². The molecule has 0 aliphatic heterocycles. The van der Waals surface area contributed by atoms with Crippen LogP contribution in [0, 0.1) is 0 Å². The normalized spacial score (nSPS) is 12.6. The Balaban J connectivity index is 1.64. The van der Waals surface area contributed by atoms with Crippen molar-refractivity contribution in [3.63, 3.8) is 0 Å². The molecule has 0 bridgehead atoms. The quantitative estimate of drug-likeness (QED) is 0.510. The molecule has 0 spiro atoms. The van der Waals surface area contributed by atoms with Gasteiger partial charge in [0.1, 0.15) is 5.52 Å². The molecule has 1 unspecified atom stereocenters. The van der Waals surface area contributed by atoms with E-state index >= 15 is 0 Å². The van der Waals surface area contributed by atoms with Crippen LogP contribution in [0.5, 0.6) is 0 Å². The lowest BCUT2D eigenvalue weighted by atomic mass is 9.91. The Hall–Kier alpha value is -3.52. The molecule has 4 rings (SSSR count).